The van der Waals surface area contributed by atoms with E-state index in [1.807, 2.05) is 0 Å². The van der Waals surface area contributed by atoms with E-state index in [2.05, 4.69) is 9.47 Å². The van der Waals surface area contributed by atoms with Gasteiger partial charge in [0, 0.05) is 7.11 Å². The molecule has 0 fully saturated rings. The number of methoxy groups -OCH3 is 1. The molecule has 0 aliphatic heterocycles. The summed E-state index contributed by atoms with van der Waals surface area (Å²) in [6.07, 6.45) is -3.75. The molecular formula is C14H22O9. The van der Waals surface area contributed by atoms with E-state index in [0.717, 1.165) is 0 Å². The Balaban J connectivity index is 4.12. The molecule has 0 saturated carbocycles. The molecule has 0 bridgehead atoms. The second-order valence-electron chi connectivity index (χ2n) is 4.81. The van der Waals surface area contributed by atoms with Crippen LogP contribution < -0.4 is 0 Å². The monoisotopic (exact) mass is 334 g/mol. The normalized spacial score (nSPS) is 14.3. The third kappa shape index (κ3) is 9.59. The highest BCUT2D eigenvalue weighted by atomic mass is 16.6. The number of hydrogen-bond acceptors (Lipinski definition) is 9. The van der Waals surface area contributed by atoms with Crippen LogP contribution in [0.1, 0.15) is 27.2 Å². The van der Waals surface area contributed by atoms with Gasteiger partial charge in [-0.1, -0.05) is 0 Å². The van der Waals surface area contributed by atoms with Crippen molar-refractivity contribution < 1.29 is 43.2 Å². The van der Waals surface area contributed by atoms with Crippen molar-refractivity contribution in [2.24, 2.45) is 0 Å². The molecule has 9 heteroatoms. The molecule has 0 aliphatic carbocycles. The van der Waals surface area contributed by atoms with Crippen molar-refractivity contribution in [3.8, 4) is 0 Å². The molecule has 23 heavy (non-hydrogen) atoms. The van der Waals surface area contributed by atoms with E-state index < -0.39 is 55.0 Å². The zero-order chi connectivity index (χ0) is 18.0. The first-order chi connectivity index (χ1) is 10.7. The van der Waals surface area contributed by atoms with Crippen molar-refractivity contribution in [1.29, 1.82) is 0 Å². The van der Waals surface area contributed by atoms with E-state index in [-0.39, 0.29) is 6.61 Å². The minimum absolute atomic E-state index is 0.199. The van der Waals surface area contributed by atoms with E-state index in [1.54, 1.807) is 6.92 Å². The Labute approximate surface area is 133 Å². The lowest BCUT2D eigenvalue weighted by Gasteiger charge is -2.14. The van der Waals surface area contributed by atoms with Gasteiger partial charge in [0.25, 0.3) is 0 Å². The average Bonchev–Trinajstić information content (AvgIpc) is 2.44. The summed E-state index contributed by atoms with van der Waals surface area (Å²) in [5, 5.41) is 8.95. The smallest absolute Gasteiger partial charge is 0.344 e. The van der Waals surface area contributed by atoms with Crippen molar-refractivity contribution in [1.82, 2.24) is 0 Å². The van der Waals surface area contributed by atoms with Gasteiger partial charge in [-0.05, 0) is 20.8 Å². The van der Waals surface area contributed by atoms with Crippen molar-refractivity contribution in [3.05, 3.63) is 0 Å². The summed E-state index contributed by atoms with van der Waals surface area (Å²) < 4.78 is 18.8. The molecule has 0 heterocycles. The number of ketones is 1. The Bertz CT molecular complexity index is 430. The third-order valence-corrected chi connectivity index (χ3v) is 2.49. The molecule has 132 valence electrons. The van der Waals surface area contributed by atoms with Crippen LogP contribution in [0.2, 0.25) is 0 Å². The fourth-order valence-corrected chi connectivity index (χ4v) is 1.34. The lowest BCUT2D eigenvalue weighted by Crippen LogP contribution is -2.31. The van der Waals surface area contributed by atoms with Crippen molar-refractivity contribution in [2.75, 3.05) is 20.3 Å². The van der Waals surface area contributed by atoms with Gasteiger partial charge in [0.2, 0.25) is 0 Å². The Morgan fingerprint density at radius 1 is 1.00 bits per heavy atom. The summed E-state index contributed by atoms with van der Waals surface area (Å²) in [5.74, 6) is -3.42. The van der Waals surface area contributed by atoms with Crippen LogP contribution in [0, 0.1) is 0 Å². The molecule has 0 spiro atoms. The summed E-state index contributed by atoms with van der Waals surface area (Å²) in [4.78, 5) is 45.5. The quantitative estimate of drug-likeness (QED) is 0.316. The van der Waals surface area contributed by atoms with Gasteiger partial charge in [0.15, 0.2) is 18.5 Å². The van der Waals surface area contributed by atoms with Gasteiger partial charge in [0.05, 0.1) is 6.61 Å². The van der Waals surface area contributed by atoms with Crippen LogP contribution in [0.5, 0.6) is 0 Å². The molecule has 0 aromatic rings. The molecular weight excluding hydrogens is 312 g/mol. The highest BCUT2D eigenvalue weighted by Gasteiger charge is 2.23. The zero-order valence-corrected chi connectivity index (χ0v) is 13.6. The maximum Gasteiger partial charge on any atom is 0.344 e. The van der Waals surface area contributed by atoms with Crippen LogP contribution in [0.4, 0.5) is 0 Å². The fourth-order valence-electron chi connectivity index (χ4n) is 1.34. The molecule has 0 amide bonds. The maximum atomic E-state index is 11.6. The topological polar surface area (TPSA) is 125 Å². The Morgan fingerprint density at radius 3 is 2.13 bits per heavy atom. The number of aliphatic hydroxyl groups excluding tert-OH is 1. The first-order valence-corrected chi connectivity index (χ1v) is 6.92. The maximum absolute atomic E-state index is 11.6. The fraction of sp³-hybridized carbons (Fsp3) is 0.714. The number of hydrogen-bond donors (Lipinski definition) is 1. The van der Waals surface area contributed by atoms with Crippen molar-refractivity contribution >= 4 is 23.7 Å². The number of Topliss-reactive ketones (excluding diaryl/α,β-unsaturated/α-hetero) is 1. The van der Waals surface area contributed by atoms with Crippen LogP contribution >= 0.6 is 0 Å². The number of rotatable bonds is 10. The van der Waals surface area contributed by atoms with E-state index >= 15 is 0 Å². The van der Waals surface area contributed by atoms with Gasteiger partial charge in [-0.2, -0.15) is 0 Å². The summed E-state index contributed by atoms with van der Waals surface area (Å²) in [6.45, 7) is 3.61. The zero-order valence-electron chi connectivity index (χ0n) is 13.6. The van der Waals surface area contributed by atoms with Crippen molar-refractivity contribution in [3.63, 3.8) is 0 Å². The number of aliphatic hydroxyl groups is 1. The second kappa shape index (κ2) is 10.7. The molecule has 0 rings (SSSR count). The van der Waals surface area contributed by atoms with Gasteiger partial charge in [-0.15, -0.1) is 0 Å². The predicted molar refractivity (Wildman–Crippen MR) is 75.2 cm³/mol. The predicted octanol–water partition coefficient (Wildman–Crippen LogP) is -0.621. The van der Waals surface area contributed by atoms with E-state index in [1.165, 1.54) is 21.0 Å². The number of ether oxygens (including phenoxy) is 4. The van der Waals surface area contributed by atoms with Crippen LogP contribution in [0.25, 0.3) is 0 Å². The van der Waals surface area contributed by atoms with E-state index in [9.17, 15) is 19.2 Å². The van der Waals surface area contributed by atoms with Crippen LogP contribution in [-0.2, 0) is 38.1 Å². The highest BCUT2D eigenvalue weighted by Crippen LogP contribution is 2.02. The summed E-state index contributed by atoms with van der Waals surface area (Å²) in [5.41, 5.74) is 0. The minimum Gasteiger partial charge on any atom is -0.458 e. The van der Waals surface area contributed by atoms with E-state index in [4.69, 9.17) is 14.6 Å². The lowest BCUT2D eigenvalue weighted by atomic mass is 10.2. The third-order valence-electron chi connectivity index (χ3n) is 2.49. The molecule has 9 nitrogen and oxygen atoms in total. The summed E-state index contributed by atoms with van der Waals surface area (Å²) >= 11 is 0. The second-order valence-corrected chi connectivity index (χ2v) is 4.81. The molecule has 0 radical (unpaired) electrons. The van der Waals surface area contributed by atoms with Gasteiger partial charge in [-0.25, -0.2) is 9.59 Å². The first-order valence-electron chi connectivity index (χ1n) is 6.92. The minimum atomic E-state index is -1.37. The summed E-state index contributed by atoms with van der Waals surface area (Å²) in [7, 11) is 1.45. The standard InChI is InChI=1S/C14H22O9/c1-8(6-20-4)22-13(18)7-21-12(17)5-11(16)10(3)23-14(19)9(2)15/h8-10,15H,5-7H2,1-4H3. The van der Waals surface area contributed by atoms with Crippen LogP contribution in [0.3, 0.4) is 0 Å². The highest BCUT2D eigenvalue weighted by molar-refractivity contribution is 5.99. The lowest BCUT2D eigenvalue weighted by molar-refractivity contribution is -0.166. The van der Waals surface area contributed by atoms with Crippen LogP contribution in [-0.4, -0.2) is 67.4 Å². The molecule has 0 aromatic carbocycles. The van der Waals surface area contributed by atoms with Crippen molar-refractivity contribution in [2.45, 2.75) is 45.5 Å². The average molecular weight is 334 g/mol. The molecule has 0 saturated heterocycles. The number of carbonyl (C=O) groups is 4. The molecule has 0 aromatic heterocycles. The van der Waals surface area contributed by atoms with Gasteiger partial charge in [0.1, 0.15) is 18.6 Å². The molecule has 3 atom stereocenters. The van der Waals surface area contributed by atoms with Crippen LogP contribution in [0.15, 0.2) is 0 Å². The number of carbonyl (C=O) groups excluding carboxylic acids is 4. The molecule has 1 N–H and O–H groups in total. The Morgan fingerprint density at radius 2 is 1.61 bits per heavy atom. The molecule has 0 aliphatic rings. The van der Waals surface area contributed by atoms with Gasteiger partial charge >= 0.3 is 17.9 Å². The Kier molecular flexibility index (Phi) is 9.75. The van der Waals surface area contributed by atoms with Gasteiger partial charge in [-0.3, -0.25) is 9.59 Å². The molecule has 3 unspecified atom stereocenters. The largest absolute Gasteiger partial charge is 0.458 e. The van der Waals surface area contributed by atoms with Gasteiger partial charge < -0.3 is 24.1 Å². The summed E-state index contributed by atoms with van der Waals surface area (Å²) in [6, 6.07) is 0. The Hall–Kier alpha value is -2.00. The number of esters is 3. The van der Waals surface area contributed by atoms with E-state index in [0.29, 0.717) is 0 Å². The first kappa shape index (κ1) is 21.0. The SMILES string of the molecule is COCC(C)OC(=O)COC(=O)CC(=O)C(C)OC(=O)C(C)O.